The monoisotopic (exact) mass is 399 g/mol. The Morgan fingerprint density at radius 2 is 1.79 bits per heavy atom. The fraction of sp³-hybridized carbons (Fsp3) is 0.364. The van der Waals surface area contributed by atoms with Crippen LogP contribution in [0.15, 0.2) is 48.5 Å². The van der Waals surface area contributed by atoms with Crippen LogP contribution < -0.4 is 5.32 Å². The lowest BCUT2D eigenvalue weighted by molar-refractivity contribution is -0.134. The number of carbonyl (C=O) groups is 2. The number of amides is 2. The quantitative estimate of drug-likeness (QED) is 0.840. The van der Waals surface area contributed by atoms with Gasteiger partial charge in [0.1, 0.15) is 6.04 Å². The maximum Gasteiger partial charge on any atom is 0.253 e. The molecular weight excluding hydrogens is 374 g/mol. The van der Waals surface area contributed by atoms with Gasteiger partial charge in [-0.3, -0.25) is 14.5 Å². The van der Waals surface area contributed by atoms with Gasteiger partial charge in [0.05, 0.1) is 10.6 Å². The second-order valence-corrected chi connectivity index (χ2v) is 7.67. The van der Waals surface area contributed by atoms with E-state index in [0.29, 0.717) is 23.7 Å². The van der Waals surface area contributed by atoms with Crippen LogP contribution in [0.3, 0.4) is 0 Å². The summed E-state index contributed by atoms with van der Waals surface area (Å²) in [5.41, 5.74) is 2.93. The van der Waals surface area contributed by atoms with Gasteiger partial charge in [-0.1, -0.05) is 53.6 Å². The zero-order chi connectivity index (χ0) is 20.1. The minimum atomic E-state index is -0.591. The van der Waals surface area contributed by atoms with E-state index in [1.165, 1.54) is 11.1 Å². The molecule has 1 aliphatic rings. The average Bonchev–Trinajstić information content (AvgIpc) is 2.68. The van der Waals surface area contributed by atoms with E-state index >= 15 is 0 Å². The summed E-state index contributed by atoms with van der Waals surface area (Å²) in [5, 5.41) is 3.14. The van der Waals surface area contributed by atoms with Gasteiger partial charge in [0.25, 0.3) is 5.91 Å². The molecule has 2 amide bonds. The van der Waals surface area contributed by atoms with Crippen LogP contribution in [0.25, 0.3) is 0 Å². The zero-order valence-corrected chi connectivity index (χ0v) is 17.1. The molecule has 0 saturated carbocycles. The molecule has 1 fully saturated rings. The van der Waals surface area contributed by atoms with Crippen molar-refractivity contribution in [2.24, 2.45) is 0 Å². The second-order valence-electron chi connectivity index (χ2n) is 7.27. The minimum Gasteiger partial charge on any atom is -0.340 e. The number of benzene rings is 2. The molecule has 0 unspecified atom stereocenters. The van der Waals surface area contributed by atoms with E-state index in [9.17, 15) is 9.59 Å². The molecule has 3 rings (SSSR count). The molecule has 1 aliphatic heterocycles. The van der Waals surface area contributed by atoms with Gasteiger partial charge in [-0.05, 0) is 31.5 Å². The third-order valence-electron chi connectivity index (χ3n) is 5.01. The molecule has 2 aromatic rings. The second kappa shape index (κ2) is 9.22. The van der Waals surface area contributed by atoms with E-state index in [-0.39, 0.29) is 11.8 Å². The number of hydrogen-bond donors (Lipinski definition) is 1. The topological polar surface area (TPSA) is 52.6 Å². The first-order chi connectivity index (χ1) is 13.4. The van der Waals surface area contributed by atoms with Gasteiger partial charge in [-0.25, -0.2) is 0 Å². The molecule has 0 aliphatic carbocycles. The van der Waals surface area contributed by atoms with Crippen molar-refractivity contribution >= 4 is 23.4 Å². The highest BCUT2D eigenvalue weighted by atomic mass is 35.5. The lowest BCUT2D eigenvalue weighted by Gasteiger charge is -2.36. The highest BCUT2D eigenvalue weighted by molar-refractivity contribution is 6.33. The minimum absolute atomic E-state index is 0.0596. The number of aryl methyl sites for hydroxylation is 1. The summed E-state index contributed by atoms with van der Waals surface area (Å²) < 4.78 is 0. The Morgan fingerprint density at radius 1 is 1.07 bits per heavy atom. The van der Waals surface area contributed by atoms with Crippen LogP contribution in [0, 0.1) is 6.92 Å². The number of nitrogens with one attached hydrogen (secondary N) is 1. The molecule has 1 saturated heterocycles. The van der Waals surface area contributed by atoms with Crippen molar-refractivity contribution in [3.05, 3.63) is 70.2 Å². The standard InChI is InChI=1S/C22H26ClN3O2/c1-16-6-5-7-18(14-16)15-25-10-12-26(13-11-25)22(28)17(2)24-21(27)19-8-3-4-9-20(19)23/h3-9,14,17H,10-13,15H2,1-2H3,(H,24,27)/t17-/m0/s1. The summed E-state index contributed by atoms with van der Waals surface area (Å²) in [4.78, 5) is 29.3. The molecule has 0 spiro atoms. The maximum atomic E-state index is 12.7. The number of hydrogen-bond acceptors (Lipinski definition) is 3. The fourth-order valence-corrected chi connectivity index (χ4v) is 3.67. The molecule has 1 atom stereocenters. The summed E-state index contributed by atoms with van der Waals surface area (Å²) in [5.74, 6) is -0.389. The van der Waals surface area contributed by atoms with E-state index in [2.05, 4.69) is 41.4 Å². The van der Waals surface area contributed by atoms with Gasteiger partial charge in [-0.2, -0.15) is 0 Å². The Bertz CT molecular complexity index is 847. The Hall–Kier alpha value is -2.37. The summed E-state index contributed by atoms with van der Waals surface area (Å²) in [6.07, 6.45) is 0. The smallest absolute Gasteiger partial charge is 0.253 e. The van der Waals surface area contributed by atoms with Crippen molar-refractivity contribution in [1.82, 2.24) is 15.1 Å². The molecule has 0 aromatic heterocycles. The summed E-state index contributed by atoms with van der Waals surface area (Å²) >= 11 is 6.06. The third kappa shape index (κ3) is 5.12. The predicted molar refractivity (Wildman–Crippen MR) is 111 cm³/mol. The van der Waals surface area contributed by atoms with Crippen molar-refractivity contribution in [2.45, 2.75) is 26.4 Å². The van der Waals surface area contributed by atoms with Crippen LogP contribution >= 0.6 is 11.6 Å². The number of rotatable bonds is 5. The first-order valence-corrected chi connectivity index (χ1v) is 9.94. The van der Waals surface area contributed by atoms with E-state index in [0.717, 1.165) is 19.6 Å². The van der Waals surface area contributed by atoms with Gasteiger partial charge in [0.15, 0.2) is 0 Å². The van der Waals surface area contributed by atoms with Crippen molar-refractivity contribution in [3.8, 4) is 0 Å². The van der Waals surface area contributed by atoms with Crippen molar-refractivity contribution < 1.29 is 9.59 Å². The molecule has 2 aromatic carbocycles. The third-order valence-corrected chi connectivity index (χ3v) is 5.34. The SMILES string of the molecule is Cc1cccc(CN2CCN(C(=O)[C@H](C)NC(=O)c3ccccc3Cl)CC2)c1. The average molecular weight is 400 g/mol. The van der Waals surface area contributed by atoms with E-state index in [1.807, 2.05) is 4.90 Å². The number of carbonyl (C=O) groups excluding carboxylic acids is 2. The van der Waals surface area contributed by atoms with E-state index in [1.54, 1.807) is 31.2 Å². The van der Waals surface area contributed by atoms with Crippen molar-refractivity contribution in [1.29, 1.82) is 0 Å². The number of halogens is 1. The molecule has 0 radical (unpaired) electrons. The number of nitrogens with zero attached hydrogens (tertiary/aromatic N) is 2. The Kier molecular flexibility index (Phi) is 6.70. The molecule has 6 heteroatoms. The molecule has 0 bridgehead atoms. The van der Waals surface area contributed by atoms with Gasteiger partial charge in [0, 0.05) is 32.7 Å². The molecule has 1 heterocycles. The van der Waals surface area contributed by atoms with Gasteiger partial charge >= 0.3 is 0 Å². The van der Waals surface area contributed by atoms with E-state index < -0.39 is 6.04 Å². The van der Waals surface area contributed by atoms with Crippen LogP contribution in [0.5, 0.6) is 0 Å². The normalized spacial score (nSPS) is 15.9. The Labute approximate surface area is 171 Å². The van der Waals surface area contributed by atoms with Crippen molar-refractivity contribution in [2.75, 3.05) is 26.2 Å². The molecule has 5 nitrogen and oxygen atoms in total. The predicted octanol–water partition coefficient (Wildman–Crippen LogP) is 3.11. The van der Waals surface area contributed by atoms with Crippen LogP contribution in [-0.2, 0) is 11.3 Å². The summed E-state index contributed by atoms with van der Waals surface area (Å²) in [6.45, 7) is 7.68. The Morgan fingerprint density at radius 3 is 2.46 bits per heavy atom. The molecule has 1 N–H and O–H groups in total. The molecule has 28 heavy (non-hydrogen) atoms. The first kappa shape index (κ1) is 20.4. The highest BCUT2D eigenvalue weighted by Gasteiger charge is 2.26. The fourth-order valence-electron chi connectivity index (χ4n) is 3.45. The zero-order valence-electron chi connectivity index (χ0n) is 16.3. The lowest BCUT2D eigenvalue weighted by atomic mass is 10.1. The maximum absolute atomic E-state index is 12.7. The van der Waals surface area contributed by atoms with Crippen LogP contribution in [0.4, 0.5) is 0 Å². The Balaban J connectivity index is 1.50. The van der Waals surface area contributed by atoms with Crippen LogP contribution in [0.2, 0.25) is 5.02 Å². The van der Waals surface area contributed by atoms with Gasteiger partial charge in [-0.15, -0.1) is 0 Å². The van der Waals surface area contributed by atoms with E-state index in [4.69, 9.17) is 11.6 Å². The first-order valence-electron chi connectivity index (χ1n) is 9.56. The lowest BCUT2D eigenvalue weighted by Crippen LogP contribution is -2.53. The number of piperazine rings is 1. The summed E-state index contributed by atoms with van der Waals surface area (Å²) in [6, 6.07) is 14.7. The summed E-state index contributed by atoms with van der Waals surface area (Å²) in [7, 11) is 0. The molecule has 148 valence electrons. The van der Waals surface area contributed by atoms with Crippen molar-refractivity contribution in [3.63, 3.8) is 0 Å². The molecular formula is C22H26ClN3O2. The van der Waals surface area contributed by atoms with Gasteiger partial charge in [0.2, 0.25) is 5.91 Å². The largest absolute Gasteiger partial charge is 0.340 e. The van der Waals surface area contributed by atoms with Crippen LogP contribution in [-0.4, -0.2) is 53.8 Å². The van der Waals surface area contributed by atoms with Gasteiger partial charge < -0.3 is 10.2 Å². The highest BCUT2D eigenvalue weighted by Crippen LogP contribution is 2.15. The van der Waals surface area contributed by atoms with Crippen LogP contribution in [0.1, 0.15) is 28.4 Å².